The molecule has 0 nitrogen and oxygen atoms in total. The Bertz CT molecular complexity index is 420. The van der Waals surface area contributed by atoms with Crippen LogP contribution in [0.5, 0.6) is 0 Å². The Morgan fingerprint density at radius 2 is 1.44 bits per heavy atom. The molecule has 0 atom stereocenters. The molecule has 0 aliphatic rings. The van der Waals surface area contributed by atoms with Gasteiger partial charge in [-0.15, -0.1) is 0 Å². The topological polar surface area (TPSA) is 0 Å². The van der Waals surface area contributed by atoms with E-state index in [1.807, 2.05) is 29.6 Å². The fourth-order valence-corrected chi connectivity index (χ4v) is 2.81. The molecule has 0 spiro atoms. The summed E-state index contributed by atoms with van der Waals surface area (Å²) in [5, 5.41) is 0. The van der Waals surface area contributed by atoms with E-state index in [0.717, 1.165) is 5.75 Å². The molecule has 16 heavy (non-hydrogen) atoms. The Labute approximate surface area is 105 Å². The lowest BCUT2D eigenvalue weighted by atomic mass is 10.2. The minimum atomic E-state index is 1.09. The second-order valence-corrected chi connectivity index (χ2v) is 5.51. The first kappa shape index (κ1) is 11.6. The third-order valence-corrected chi connectivity index (χ3v) is 3.85. The van der Waals surface area contributed by atoms with Crippen LogP contribution in [0.25, 0.3) is 0 Å². The van der Waals surface area contributed by atoms with Crippen LogP contribution in [0.1, 0.15) is 5.56 Å². The highest BCUT2D eigenvalue weighted by Gasteiger charge is 1.97. The van der Waals surface area contributed by atoms with E-state index in [1.165, 1.54) is 15.4 Å². The number of thioether (sulfide) groups is 1. The molecule has 0 heterocycles. The van der Waals surface area contributed by atoms with Crippen LogP contribution in [0.2, 0.25) is 0 Å². The predicted octanol–water partition coefficient (Wildman–Crippen LogP) is 4.70. The van der Waals surface area contributed by atoms with Crippen LogP contribution in [0.15, 0.2) is 64.4 Å². The summed E-state index contributed by atoms with van der Waals surface area (Å²) in [4.78, 5) is 2.59. The van der Waals surface area contributed by atoms with Crippen LogP contribution >= 0.6 is 23.5 Å². The van der Waals surface area contributed by atoms with E-state index in [9.17, 15) is 0 Å². The van der Waals surface area contributed by atoms with E-state index in [2.05, 4.69) is 54.8 Å². The number of benzene rings is 2. The average Bonchev–Trinajstić information content (AvgIpc) is 2.33. The largest absolute Gasteiger partial charge is 0.161 e. The third-order valence-electron chi connectivity index (χ3n) is 2.21. The predicted molar refractivity (Wildman–Crippen MR) is 74.2 cm³/mol. The fraction of sp³-hybridized carbons (Fsp3) is 0.143. The third kappa shape index (κ3) is 3.32. The summed E-state index contributed by atoms with van der Waals surface area (Å²) in [6, 6.07) is 19.3. The first-order valence-electron chi connectivity index (χ1n) is 5.19. The molecule has 82 valence electrons. The summed E-state index contributed by atoms with van der Waals surface area (Å²) >= 11 is 3.67. The first-order chi connectivity index (χ1) is 7.88. The maximum absolute atomic E-state index is 2.21. The van der Waals surface area contributed by atoms with Gasteiger partial charge in [-0.2, -0.15) is 11.8 Å². The Kier molecular flexibility index (Phi) is 4.37. The molecular formula is C14H14S2. The Balaban J connectivity index is 2.05. The molecule has 0 bridgehead atoms. The van der Waals surface area contributed by atoms with Crippen LogP contribution in [-0.2, 0) is 5.75 Å². The maximum Gasteiger partial charge on any atom is 0.0181 e. The molecule has 2 heteroatoms. The summed E-state index contributed by atoms with van der Waals surface area (Å²) in [5.74, 6) is 1.09. The van der Waals surface area contributed by atoms with Crippen molar-refractivity contribution in [3.8, 4) is 0 Å². The fourth-order valence-electron chi connectivity index (χ4n) is 1.45. The van der Waals surface area contributed by atoms with Gasteiger partial charge in [-0.1, -0.05) is 42.1 Å². The zero-order chi connectivity index (χ0) is 11.2. The van der Waals surface area contributed by atoms with Gasteiger partial charge < -0.3 is 0 Å². The van der Waals surface area contributed by atoms with Crippen molar-refractivity contribution >= 4 is 23.5 Å². The van der Waals surface area contributed by atoms with Crippen molar-refractivity contribution in [2.45, 2.75) is 15.5 Å². The van der Waals surface area contributed by atoms with Crippen LogP contribution < -0.4 is 0 Å². The highest BCUT2D eigenvalue weighted by Crippen LogP contribution is 2.27. The van der Waals surface area contributed by atoms with Gasteiger partial charge in [0.2, 0.25) is 0 Å². The Morgan fingerprint density at radius 1 is 0.812 bits per heavy atom. The van der Waals surface area contributed by atoms with Gasteiger partial charge in [0.05, 0.1) is 0 Å². The molecule has 0 aliphatic heterocycles. The van der Waals surface area contributed by atoms with Gasteiger partial charge in [0, 0.05) is 15.5 Å². The van der Waals surface area contributed by atoms with Crippen molar-refractivity contribution in [2.24, 2.45) is 0 Å². The Morgan fingerprint density at radius 3 is 2.06 bits per heavy atom. The van der Waals surface area contributed by atoms with Gasteiger partial charge in [-0.05, 0) is 36.1 Å². The van der Waals surface area contributed by atoms with E-state index < -0.39 is 0 Å². The van der Waals surface area contributed by atoms with Crippen LogP contribution in [0.4, 0.5) is 0 Å². The van der Waals surface area contributed by atoms with Gasteiger partial charge in [0.1, 0.15) is 0 Å². The quantitative estimate of drug-likeness (QED) is 0.767. The smallest absolute Gasteiger partial charge is 0.0181 e. The number of hydrogen-bond acceptors (Lipinski definition) is 2. The minimum absolute atomic E-state index is 1.09. The highest BCUT2D eigenvalue weighted by molar-refractivity contribution is 7.99. The molecule has 0 fully saturated rings. The minimum Gasteiger partial charge on any atom is -0.161 e. The van der Waals surface area contributed by atoms with Gasteiger partial charge in [0.25, 0.3) is 0 Å². The SMILES string of the molecule is CSCc1ccc(Sc2ccccc2)cc1. The van der Waals surface area contributed by atoms with E-state index in [1.54, 1.807) is 0 Å². The summed E-state index contributed by atoms with van der Waals surface area (Å²) in [7, 11) is 0. The lowest BCUT2D eigenvalue weighted by Crippen LogP contribution is -1.79. The summed E-state index contributed by atoms with van der Waals surface area (Å²) in [6.07, 6.45) is 2.13. The van der Waals surface area contributed by atoms with Gasteiger partial charge in [-0.3, -0.25) is 0 Å². The van der Waals surface area contributed by atoms with Crippen molar-refractivity contribution in [3.05, 3.63) is 60.2 Å². The second-order valence-electron chi connectivity index (χ2n) is 3.49. The number of hydrogen-bond donors (Lipinski definition) is 0. The van der Waals surface area contributed by atoms with Crippen molar-refractivity contribution in [2.75, 3.05) is 6.26 Å². The van der Waals surface area contributed by atoms with Crippen molar-refractivity contribution in [3.63, 3.8) is 0 Å². The monoisotopic (exact) mass is 246 g/mol. The van der Waals surface area contributed by atoms with Crippen molar-refractivity contribution in [1.82, 2.24) is 0 Å². The van der Waals surface area contributed by atoms with Crippen LogP contribution in [0.3, 0.4) is 0 Å². The zero-order valence-corrected chi connectivity index (χ0v) is 10.9. The molecule has 0 saturated carbocycles. The molecule has 0 saturated heterocycles. The first-order valence-corrected chi connectivity index (χ1v) is 7.40. The molecular weight excluding hydrogens is 232 g/mol. The van der Waals surface area contributed by atoms with Crippen LogP contribution in [0, 0.1) is 0 Å². The molecule has 2 rings (SSSR count). The van der Waals surface area contributed by atoms with Gasteiger partial charge >= 0.3 is 0 Å². The summed E-state index contributed by atoms with van der Waals surface area (Å²) < 4.78 is 0. The molecule has 0 amide bonds. The van der Waals surface area contributed by atoms with E-state index in [0.29, 0.717) is 0 Å². The van der Waals surface area contributed by atoms with Gasteiger partial charge in [-0.25, -0.2) is 0 Å². The van der Waals surface area contributed by atoms with E-state index in [4.69, 9.17) is 0 Å². The summed E-state index contributed by atoms with van der Waals surface area (Å²) in [6.45, 7) is 0. The normalized spacial score (nSPS) is 10.3. The lowest BCUT2D eigenvalue weighted by molar-refractivity contribution is 1.34. The Hall–Kier alpha value is -0.860. The zero-order valence-electron chi connectivity index (χ0n) is 9.22. The molecule has 0 radical (unpaired) electrons. The molecule has 0 N–H and O–H groups in total. The van der Waals surface area contributed by atoms with E-state index >= 15 is 0 Å². The molecule has 0 unspecified atom stereocenters. The molecule has 0 aliphatic carbocycles. The number of rotatable bonds is 4. The molecule has 0 aromatic heterocycles. The molecule has 2 aromatic carbocycles. The lowest BCUT2D eigenvalue weighted by Gasteiger charge is -2.03. The van der Waals surface area contributed by atoms with Crippen molar-refractivity contribution in [1.29, 1.82) is 0 Å². The molecule has 2 aromatic rings. The average molecular weight is 246 g/mol. The maximum atomic E-state index is 2.21. The van der Waals surface area contributed by atoms with Crippen LogP contribution in [-0.4, -0.2) is 6.26 Å². The summed E-state index contributed by atoms with van der Waals surface area (Å²) in [5.41, 5.74) is 1.39. The van der Waals surface area contributed by atoms with Crippen molar-refractivity contribution < 1.29 is 0 Å². The van der Waals surface area contributed by atoms with E-state index in [-0.39, 0.29) is 0 Å². The standard InChI is InChI=1S/C14H14S2/c1-15-11-12-7-9-14(10-8-12)16-13-5-3-2-4-6-13/h2-10H,11H2,1H3. The second kappa shape index (κ2) is 6.02. The highest BCUT2D eigenvalue weighted by atomic mass is 32.2. The van der Waals surface area contributed by atoms with Gasteiger partial charge in [0.15, 0.2) is 0 Å².